The number of methoxy groups -OCH3 is 1. The van der Waals surface area contributed by atoms with Crippen LogP contribution in [0.3, 0.4) is 0 Å². The molecular weight excluding hydrogens is 270 g/mol. The molecule has 2 rings (SSSR count). The second-order valence-electron chi connectivity index (χ2n) is 5.48. The fourth-order valence-corrected chi connectivity index (χ4v) is 4.77. The lowest BCUT2D eigenvalue weighted by molar-refractivity contribution is -0.145. The van der Waals surface area contributed by atoms with Crippen LogP contribution < -0.4 is 4.72 Å². The minimum absolute atomic E-state index is 0.211. The van der Waals surface area contributed by atoms with Crippen LogP contribution in [0, 0.1) is 11.8 Å². The van der Waals surface area contributed by atoms with E-state index in [9.17, 15) is 13.2 Å². The Balaban J connectivity index is 1.92. The SMILES string of the molecule is COC(=O)C1CCCC1S(=O)(=O)NCC1CC(O)C1. The molecular formula is C12H21NO5S. The van der Waals surface area contributed by atoms with Crippen molar-refractivity contribution in [2.24, 2.45) is 11.8 Å². The van der Waals surface area contributed by atoms with Gasteiger partial charge in [-0.3, -0.25) is 4.79 Å². The van der Waals surface area contributed by atoms with Crippen LogP contribution in [0.5, 0.6) is 0 Å². The molecule has 2 fully saturated rings. The van der Waals surface area contributed by atoms with Gasteiger partial charge in [0.25, 0.3) is 0 Å². The van der Waals surface area contributed by atoms with Gasteiger partial charge >= 0.3 is 5.97 Å². The number of esters is 1. The van der Waals surface area contributed by atoms with Gasteiger partial charge in [0.15, 0.2) is 0 Å². The van der Waals surface area contributed by atoms with E-state index in [1.54, 1.807) is 0 Å². The Kier molecular flexibility index (Phi) is 4.47. The second kappa shape index (κ2) is 5.76. The van der Waals surface area contributed by atoms with Gasteiger partial charge in [-0.25, -0.2) is 13.1 Å². The van der Waals surface area contributed by atoms with E-state index in [0.717, 1.165) is 6.42 Å². The van der Waals surface area contributed by atoms with Crippen LogP contribution in [0.15, 0.2) is 0 Å². The molecule has 0 spiro atoms. The smallest absolute Gasteiger partial charge is 0.310 e. The van der Waals surface area contributed by atoms with Crippen molar-refractivity contribution in [2.75, 3.05) is 13.7 Å². The summed E-state index contributed by atoms with van der Waals surface area (Å²) in [5, 5.41) is 8.49. The first-order valence-electron chi connectivity index (χ1n) is 6.68. The fourth-order valence-electron chi connectivity index (χ4n) is 2.93. The van der Waals surface area contributed by atoms with Crippen LogP contribution in [0.2, 0.25) is 0 Å². The van der Waals surface area contributed by atoms with E-state index in [-0.39, 0.29) is 12.0 Å². The van der Waals surface area contributed by atoms with Gasteiger partial charge in [-0.15, -0.1) is 0 Å². The summed E-state index contributed by atoms with van der Waals surface area (Å²) in [5.74, 6) is -0.774. The third-order valence-corrected chi connectivity index (χ3v) is 6.07. The highest BCUT2D eigenvalue weighted by molar-refractivity contribution is 7.90. The second-order valence-corrected chi connectivity index (χ2v) is 7.47. The van der Waals surface area contributed by atoms with Crippen LogP contribution in [0.25, 0.3) is 0 Å². The number of nitrogens with one attached hydrogen (secondary N) is 1. The lowest BCUT2D eigenvalue weighted by Crippen LogP contribution is -2.44. The molecule has 2 saturated carbocycles. The van der Waals surface area contributed by atoms with Gasteiger partial charge in [-0.05, 0) is 31.6 Å². The van der Waals surface area contributed by atoms with Crippen LogP contribution in [0.1, 0.15) is 32.1 Å². The zero-order chi connectivity index (χ0) is 14.0. The van der Waals surface area contributed by atoms with Crippen LogP contribution in [-0.2, 0) is 19.6 Å². The largest absolute Gasteiger partial charge is 0.469 e. The van der Waals surface area contributed by atoms with Crippen LogP contribution in [0.4, 0.5) is 0 Å². The van der Waals surface area contributed by atoms with E-state index in [1.165, 1.54) is 7.11 Å². The summed E-state index contributed by atoms with van der Waals surface area (Å²) in [7, 11) is -2.20. The summed E-state index contributed by atoms with van der Waals surface area (Å²) in [6.45, 7) is 0.351. The molecule has 2 N–H and O–H groups in total. The summed E-state index contributed by atoms with van der Waals surface area (Å²) in [6.07, 6.45) is 2.81. The van der Waals surface area contributed by atoms with Crippen molar-refractivity contribution in [2.45, 2.75) is 43.5 Å². The maximum Gasteiger partial charge on any atom is 0.310 e. The van der Waals surface area contributed by atoms with E-state index in [1.807, 2.05) is 0 Å². The number of aliphatic hydroxyl groups excluding tert-OH is 1. The normalized spacial score (nSPS) is 34.8. The molecule has 2 aliphatic rings. The van der Waals surface area contributed by atoms with E-state index in [4.69, 9.17) is 5.11 Å². The summed E-state index contributed by atoms with van der Waals surface area (Å²) < 4.78 is 31.7. The monoisotopic (exact) mass is 291 g/mol. The molecule has 0 aromatic rings. The maximum atomic E-state index is 12.2. The van der Waals surface area contributed by atoms with E-state index in [0.29, 0.717) is 32.2 Å². The molecule has 0 bridgehead atoms. The average molecular weight is 291 g/mol. The van der Waals surface area contributed by atoms with Gasteiger partial charge in [-0.2, -0.15) is 0 Å². The first-order valence-corrected chi connectivity index (χ1v) is 8.23. The van der Waals surface area contributed by atoms with Crippen molar-refractivity contribution in [3.05, 3.63) is 0 Å². The lowest BCUT2D eigenvalue weighted by Gasteiger charge is -2.31. The quantitative estimate of drug-likeness (QED) is 0.697. The Labute approximate surface area is 113 Å². The molecule has 0 aliphatic heterocycles. The molecule has 0 saturated heterocycles. The van der Waals surface area contributed by atoms with E-state index >= 15 is 0 Å². The number of ether oxygens (including phenoxy) is 1. The summed E-state index contributed by atoms with van der Waals surface area (Å²) in [4.78, 5) is 11.6. The first-order chi connectivity index (χ1) is 8.94. The maximum absolute atomic E-state index is 12.2. The Morgan fingerprint density at radius 3 is 2.63 bits per heavy atom. The highest BCUT2D eigenvalue weighted by Gasteiger charge is 2.42. The van der Waals surface area contributed by atoms with Gasteiger partial charge in [0, 0.05) is 6.54 Å². The molecule has 2 unspecified atom stereocenters. The molecule has 0 aromatic heterocycles. The molecule has 0 heterocycles. The lowest BCUT2D eigenvalue weighted by atomic mass is 9.83. The fraction of sp³-hybridized carbons (Fsp3) is 0.917. The number of carbonyl (C=O) groups excluding carboxylic acids is 1. The van der Waals surface area contributed by atoms with Gasteiger partial charge in [0.05, 0.1) is 24.4 Å². The van der Waals surface area contributed by atoms with Crippen molar-refractivity contribution < 1.29 is 23.1 Å². The van der Waals surface area contributed by atoms with Crippen molar-refractivity contribution in [1.82, 2.24) is 4.72 Å². The molecule has 19 heavy (non-hydrogen) atoms. The Hall–Kier alpha value is -0.660. The Morgan fingerprint density at radius 2 is 2.05 bits per heavy atom. The third-order valence-electron chi connectivity index (χ3n) is 4.14. The van der Waals surface area contributed by atoms with Gasteiger partial charge < -0.3 is 9.84 Å². The first kappa shape index (κ1) is 14.7. The van der Waals surface area contributed by atoms with Crippen LogP contribution in [-0.4, -0.2) is 44.5 Å². The third kappa shape index (κ3) is 3.27. The van der Waals surface area contributed by atoms with Crippen molar-refractivity contribution in [3.8, 4) is 0 Å². The van der Waals surface area contributed by atoms with Crippen LogP contribution >= 0.6 is 0 Å². The van der Waals surface area contributed by atoms with Gasteiger partial charge in [0.2, 0.25) is 10.0 Å². The van der Waals surface area contributed by atoms with Gasteiger partial charge in [-0.1, -0.05) is 6.42 Å². The van der Waals surface area contributed by atoms with E-state index < -0.39 is 27.2 Å². The summed E-state index contributed by atoms with van der Waals surface area (Å²) >= 11 is 0. The molecule has 7 heteroatoms. The number of rotatable bonds is 5. The zero-order valence-corrected chi connectivity index (χ0v) is 11.9. The number of carbonyl (C=O) groups is 1. The molecule has 0 radical (unpaired) electrons. The highest BCUT2D eigenvalue weighted by atomic mass is 32.2. The zero-order valence-electron chi connectivity index (χ0n) is 11.0. The topological polar surface area (TPSA) is 92.7 Å². The average Bonchev–Trinajstić information content (AvgIpc) is 2.82. The molecule has 2 aliphatic carbocycles. The predicted molar refractivity (Wildman–Crippen MR) is 68.8 cm³/mol. The minimum atomic E-state index is -3.49. The molecule has 110 valence electrons. The Morgan fingerprint density at radius 1 is 1.37 bits per heavy atom. The highest BCUT2D eigenvalue weighted by Crippen LogP contribution is 2.32. The van der Waals surface area contributed by atoms with Gasteiger partial charge in [0.1, 0.15) is 0 Å². The molecule has 6 nitrogen and oxygen atoms in total. The summed E-state index contributed by atoms with van der Waals surface area (Å²) in [6, 6.07) is 0. The van der Waals surface area contributed by atoms with Crippen molar-refractivity contribution in [1.29, 1.82) is 0 Å². The number of aliphatic hydroxyl groups is 1. The standard InChI is InChI=1S/C12H21NO5S/c1-18-12(15)10-3-2-4-11(10)19(16,17)13-7-8-5-9(14)6-8/h8-11,13-14H,2-7H2,1H3. The van der Waals surface area contributed by atoms with Crippen molar-refractivity contribution in [3.63, 3.8) is 0 Å². The number of sulfonamides is 1. The number of hydrogen-bond acceptors (Lipinski definition) is 5. The Bertz CT molecular complexity index is 429. The number of hydrogen-bond donors (Lipinski definition) is 2. The molecule has 0 amide bonds. The minimum Gasteiger partial charge on any atom is -0.469 e. The molecule has 2 atom stereocenters. The predicted octanol–water partition coefficient (Wildman–Crippen LogP) is 0.0184. The molecule has 0 aromatic carbocycles. The van der Waals surface area contributed by atoms with Crippen molar-refractivity contribution >= 4 is 16.0 Å². The van der Waals surface area contributed by atoms with E-state index in [2.05, 4.69) is 9.46 Å². The summed E-state index contributed by atoms with van der Waals surface area (Å²) in [5.41, 5.74) is 0.